The molecule has 0 aliphatic rings. The molecule has 0 aromatic carbocycles. The van der Waals surface area contributed by atoms with Gasteiger partial charge in [0.2, 0.25) is 0 Å². The Labute approximate surface area is 85.6 Å². The molecule has 0 fully saturated rings. The van der Waals surface area contributed by atoms with Gasteiger partial charge in [0.1, 0.15) is 11.4 Å². The molecule has 2 heterocycles. The first kappa shape index (κ1) is 9.26. The second-order valence-electron chi connectivity index (χ2n) is 3.03. The molecule has 0 radical (unpaired) electrons. The summed E-state index contributed by atoms with van der Waals surface area (Å²) < 4.78 is 0. The Bertz CT molecular complexity index is 491. The molecule has 0 amide bonds. The van der Waals surface area contributed by atoms with Crippen molar-refractivity contribution in [2.75, 3.05) is 5.73 Å². The molecule has 0 saturated heterocycles. The van der Waals surface area contributed by atoms with Crippen LogP contribution in [-0.2, 0) is 0 Å². The van der Waals surface area contributed by atoms with Crippen LogP contribution in [0.5, 0.6) is 0 Å². The molecule has 0 aliphatic heterocycles. The smallest absolute Gasteiger partial charge is 0.339 e. The third-order valence-corrected chi connectivity index (χ3v) is 2.02. The Kier molecular flexibility index (Phi) is 2.13. The summed E-state index contributed by atoms with van der Waals surface area (Å²) >= 11 is 0. The van der Waals surface area contributed by atoms with Gasteiger partial charge in [-0.25, -0.2) is 4.79 Å². The Morgan fingerprint density at radius 2 is 2.27 bits per heavy atom. The normalized spacial score (nSPS) is 10.1. The summed E-state index contributed by atoms with van der Waals surface area (Å²) in [5.74, 6) is -0.908. The quantitative estimate of drug-likeness (QED) is 0.687. The maximum Gasteiger partial charge on any atom is 0.339 e. The van der Waals surface area contributed by atoms with Gasteiger partial charge in [-0.1, -0.05) is 6.07 Å². The van der Waals surface area contributed by atoms with Crippen molar-refractivity contribution in [2.45, 2.75) is 0 Å². The molecule has 76 valence electrons. The molecule has 0 bridgehead atoms. The van der Waals surface area contributed by atoms with Gasteiger partial charge in [-0.2, -0.15) is 0 Å². The molecule has 0 spiro atoms. The lowest BCUT2D eigenvalue weighted by Gasteiger charge is -1.93. The summed E-state index contributed by atoms with van der Waals surface area (Å²) in [6, 6.07) is 6.85. The Morgan fingerprint density at radius 3 is 2.80 bits per heavy atom. The van der Waals surface area contributed by atoms with Crippen molar-refractivity contribution in [1.29, 1.82) is 0 Å². The van der Waals surface area contributed by atoms with Gasteiger partial charge in [-0.05, 0) is 18.2 Å². The van der Waals surface area contributed by atoms with Crippen molar-refractivity contribution in [3.63, 3.8) is 0 Å². The van der Waals surface area contributed by atoms with Crippen LogP contribution >= 0.6 is 0 Å². The molecular weight excluding hydrogens is 194 g/mol. The van der Waals surface area contributed by atoms with Crippen molar-refractivity contribution in [3.05, 3.63) is 36.0 Å². The number of H-pyrrole nitrogens is 1. The minimum atomic E-state index is -1.05. The topological polar surface area (TPSA) is 92.0 Å². The fourth-order valence-corrected chi connectivity index (χ4v) is 1.31. The van der Waals surface area contributed by atoms with Crippen molar-refractivity contribution >= 4 is 11.8 Å². The molecule has 2 aromatic rings. The number of aromatic amines is 1. The number of carboxylic acids is 1. The van der Waals surface area contributed by atoms with E-state index in [-0.39, 0.29) is 11.4 Å². The van der Waals surface area contributed by atoms with Gasteiger partial charge in [-0.3, -0.25) is 4.98 Å². The molecule has 0 aliphatic carbocycles. The number of aromatic nitrogens is 2. The van der Waals surface area contributed by atoms with Crippen molar-refractivity contribution in [1.82, 2.24) is 9.97 Å². The summed E-state index contributed by atoms with van der Waals surface area (Å²) in [4.78, 5) is 17.6. The standard InChI is InChI=1S/C10H9N3O2/c11-9-6(10(14)15)5-8(13-9)7-3-1-2-4-12-7/h1-5,13H,11H2,(H,14,15). The van der Waals surface area contributed by atoms with E-state index < -0.39 is 5.97 Å². The maximum atomic E-state index is 10.7. The van der Waals surface area contributed by atoms with E-state index in [1.807, 2.05) is 6.07 Å². The number of hydrogen-bond acceptors (Lipinski definition) is 3. The molecule has 2 aromatic heterocycles. The van der Waals surface area contributed by atoms with E-state index in [1.54, 1.807) is 18.3 Å². The van der Waals surface area contributed by atoms with E-state index in [0.717, 1.165) is 0 Å². The van der Waals surface area contributed by atoms with E-state index in [4.69, 9.17) is 10.8 Å². The van der Waals surface area contributed by atoms with E-state index in [1.165, 1.54) is 6.07 Å². The summed E-state index contributed by atoms with van der Waals surface area (Å²) in [6.07, 6.45) is 1.63. The van der Waals surface area contributed by atoms with Gasteiger partial charge in [0, 0.05) is 6.20 Å². The number of anilines is 1. The first-order valence-electron chi connectivity index (χ1n) is 4.31. The zero-order valence-corrected chi connectivity index (χ0v) is 7.77. The molecule has 0 saturated carbocycles. The fourth-order valence-electron chi connectivity index (χ4n) is 1.31. The molecule has 2 rings (SSSR count). The third kappa shape index (κ3) is 1.67. The van der Waals surface area contributed by atoms with Gasteiger partial charge in [0.05, 0.1) is 11.4 Å². The van der Waals surface area contributed by atoms with Gasteiger partial charge >= 0.3 is 5.97 Å². The number of carboxylic acid groups (broad SMARTS) is 1. The molecule has 15 heavy (non-hydrogen) atoms. The number of hydrogen-bond donors (Lipinski definition) is 3. The monoisotopic (exact) mass is 203 g/mol. The van der Waals surface area contributed by atoms with Gasteiger partial charge in [0.15, 0.2) is 0 Å². The molecule has 5 heteroatoms. The van der Waals surface area contributed by atoms with Crippen molar-refractivity contribution in [3.8, 4) is 11.4 Å². The molecular formula is C10H9N3O2. The van der Waals surface area contributed by atoms with Crippen molar-refractivity contribution < 1.29 is 9.90 Å². The van der Waals surface area contributed by atoms with Crippen LogP contribution in [-0.4, -0.2) is 21.0 Å². The molecule has 4 N–H and O–H groups in total. The number of nitrogens with one attached hydrogen (secondary N) is 1. The zero-order valence-electron chi connectivity index (χ0n) is 7.77. The summed E-state index contributed by atoms with van der Waals surface area (Å²) in [6.45, 7) is 0. The minimum Gasteiger partial charge on any atom is -0.478 e. The minimum absolute atomic E-state index is 0.0654. The largest absolute Gasteiger partial charge is 0.478 e. The molecule has 0 atom stereocenters. The third-order valence-electron chi connectivity index (χ3n) is 2.02. The average Bonchev–Trinajstić information content (AvgIpc) is 2.62. The predicted octanol–water partition coefficient (Wildman–Crippen LogP) is 1.36. The fraction of sp³-hybridized carbons (Fsp3) is 0. The first-order valence-corrected chi connectivity index (χ1v) is 4.31. The molecule has 5 nitrogen and oxygen atoms in total. The molecule has 0 unspecified atom stereocenters. The SMILES string of the molecule is Nc1[nH]c(-c2ccccn2)cc1C(=O)O. The number of carbonyl (C=O) groups is 1. The van der Waals surface area contributed by atoms with Crippen LogP contribution in [0.4, 0.5) is 5.82 Å². The van der Waals surface area contributed by atoms with Crippen LogP contribution in [0, 0.1) is 0 Å². The van der Waals surface area contributed by atoms with Crippen LogP contribution in [0.15, 0.2) is 30.5 Å². The number of nitrogen functional groups attached to an aromatic ring is 1. The van der Waals surface area contributed by atoms with E-state index in [0.29, 0.717) is 11.4 Å². The van der Waals surface area contributed by atoms with E-state index in [2.05, 4.69) is 9.97 Å². The second-order valence-corrected chi connectivity index (χ2v) is 3.03. The van der Waals surface area contributed by atoms with Crippen LogP contribution in [0.25, 0.3) is 11.4 Å². The van der Waals surface area contributed by atoms with Crippen LogP contribution < -0.4 is 5.73 Å². The van der Waals surface area contributed by atoms with E-state index >= 15 is 0 Å². The Balaban J connectivity index is 2.48. The highest BCUT2D eigenvalue weighted by molar-refractivity contribution is 5.94. The number of pyridine rings is 1. The number of nitrogens with zero attached hydrogens (tertiary/aromatic N) is 1. The van der Waals surface area contributed by atoms with E-state index in [9.17, 15) is 4.79 Å². The second kappa shape index (κ2) is 3.45. The number of rotatable bonds is 2. The van der Waals surface area contributed by atoms with Crippen molar-refractivity contribution in [2.24, 2.45) is 0 Å². The Morgan fingerprint density at radius 1 is 1.47 bits per heavy atom. The zero-order chi connectivity index (χ0) is 10.8. The highest BCUT2D eigenvalue weighted by Crippen LogP contribution is 2.21. The lowest BCUT2D eigenvalue weighted by Crippen LogP contribution is -1.98. The predicted molar refractivity (Wildman–Crippen MR) is 55.4 cm³/mol. The maximum absolute atomic E-state index is 10.7. The highest BCUT2D eigenvalue weighted by Gasteiger charge is 2.13. The van der Waals surface area contributed by atoms with Crippen LogP contribution in [0.3, 0.4) is 0 Å². The lowest BCUT2D eigenvalue weighted by molar-refractivity contribution is 0.0698. The van der Waals surface area contributed by atoms with Crippen LogP contribution in [0.1, 0.15) is 10.4 Å². The van der Waals surface area contributed by atoms with Gasteiger partial charge < -0.3 is 15.8 Å². The van der Waals surface area contributed by atoms with Crippen LogP contribution in [0.2, 0.25) is 0 Å². The number of nitrogens with two attached hydrogens (primary N) is 1. The summed E-state index contributed by atoms with van der Waals surface area (Å²) in [5.41, 5.74) is 6.85. The van der Waals surface area contributed by atoms with Gasteiger partial charge in [-0.15, -0.1) is 0 Å². The Hall–Kier alpha value is -2.30. The highest BCUT2D eigenvalue weighted by atomic mass is 16.4. The summed E-state index contributed by atoms with van der Waals surface area (Å²) in [5, 5.41) is 8.81. The first-order chi connectivity index (χ1) is 7.18. The number of aromatic carboxylic acids is 1. The summed E-state index contributed by atoms with van der Waals surface area (Å²) in [7, 11) is 0. The van der Waals surface area contributed by atoms with Gasteiger partial charge in [0.25, 0.3) is 0 Å². The lowest BCUT2D eigenvalue weighted by atomic mass is 10.2. The average molecular weight is 203 g/mol.